The van der Waals surface area contributed by atoms with Crippen LogP contribution in [0.1, 0.15) is 47.9 Å². The summed E-state index contributed by atoms with van der Waals surface area (Å²) in [6, 6.07) is 16.3. The first-order valence-corrected chi connectivity index (χ1v) is 10.8. The van der Waals surface area contributed by atoms with Crippen molar-refractivity contribution in [2.45, 2.75) is 39.2 Å². The summed E-state index contributed by atoms with van der Waals surface area (Å²) in [4.78, 5) is 30.5. The van der Waals surface area contributed by atoms with E-state index in [1.807, 2.05) is 38.1 Å². The molecule has 1 aromatic heterocycles. The smallest absolute Gasteiger partial charge is 0.258 e. The maximum absolute atomic E-state index is 13.6. The van der Waals surface area contributed by atoms with Crippen LogP contribution in [0.5, 0.6) is 5.75 Å². The maximum Gasteiger partial charge on any atom is 0.258 e. The molecule has 2 atom stereocenters. The highest BCUT2D eigenvalue weighted by molar-refractivity contribution is 6.09. The van der Waals surface area contributed by atoms with Crippen LogP contribution >= 0.6 is 0 Å². The summed E-state index contributed by atoms with van der Waals surface area (Å²) in [5.74, 6) is 1.34. The summed E-state index contributed by atoms with van der Waals surface area (Å²) < 4.78 is 10.4. The van der Waals surface area contributed by atoms with E-state index in [9.17, 15) is 9.59 Å². The molecule has 0 spiro atoms. The van der Waals surface area contributed by atoms with Crippen LogP contribution in [0, 0.1) is 6.92 Å². The fraction of sp³-hybridized carbons (Fsp3) is 0.320. The van der Waals surface area contributed by atoms with Gasteiger partial charge in [-0.2, -0.15) is 0 Å². The van der Waals surface area contributed by atoms with Crippen LogP contribution in [0.25, 0.3) is 0 Å². The molecule has 0 bridgehead atoms. The second-order valence-electron chi connectivity index (χ2n) is 7.98. The van der Waals surface area contributed by atoms with E-state index >= 15 is 0 Å². The minimum Gasteiger partial charge on any atom is -0.497 e. The van der Waals surface area contributed by atoms with Gasteiger partial charge in [0.25, 0.3) is 5.91 Å². The number of benzene rings is 2. The molecular weight excluding hydrogens is 406 g/mol. The van der Waals surface area contributed by atoms with E-state index in [2.05, 4.69) is 5.16 Å². The minimum atomic E-state index is -0.377. The highest BCUT2D eigenvalue weighted by Crippen LogP contribution is 2.40. The number of hydrogen-bond acceptors (Lipinski definition) is 5. The van der Waals surface area contributed by atoms with Crippen LogP contribution in [-0.2, 0) is 4.79 Å². The lowest BCUT2D eigenvalue weighted by Gasteiger charge is -2.40. The van der Waals surface area contributed by atoms with Gasteiger partial charge in [-0.25, -0.2) is 0 Å². The number of methoxy groups -OCH3 is 1. The van der Waals surface area contributed by atoms with E-state index in [4.69, 9.17) is 9.26 Å². The van der Waals surface area contributed by atoms with Gasteiger partial charge in [-0.05, 0) is 63.1 Å². The molecule has 32 heavy (non-hydrogen) atoms. The molecule has 2 amide bonds. The fourth-order valence-electron chi connectivity index (χ4n) is 4.33. The predicted molar refractivity (Wildman–Crippen MR) is 122 cm³/mol. The molecule has 0 aliphatic carbocycles. The Morgan fingerprint density at radius 1 is 1.19 bits per heavy atom. The van der Waals surface area contributed by atoms with E-state index in [1.54, 1.807) is 54.2 Å². The van der Waals surface area contributed by atoms with Gasteiger partial charge in [0.15, 0.2) is 5.82 Å². The first-order valence-electron chi connectivity index (χ1n) is 10.8. The van der Waals surface area contributed by atoms with Gasteiger partial charge >= 0.3 is 0 Å². The average Bonchev–Trinajstić information content (AvgIpc) is 3.24. The lowest BCUT2D eigenvalue weighted by atomic mass is 9.84. The number of likely N-dealkylation sites (N-methyl/N-ethyl adjacent to an activating group) is 1. The van der Waals surface area contributed by atoms with E-state index < -0.39 is 0 Å². The lowest BCUT2D eigenvalue weighted by Crippen LogP contribution is -2.46. The van der Waals surface area contributed by atoms with Crippen molar-refractivity contribution in [2.75, 3.05) is 23.5 Å². The second-order valence-corrected chi connectivity index (χ2v) is 7.98. The molecule has 1 aliphatic rings. The quantitative estimate of drug-likeness (QED) is 0.589. The van der Waals surface area contributed by atoms with Gasteiger partial charge < -0.3 is 14.2 Å². The number of nitrogens with zero attached hydrogens (tertiary/aromatic N) is 3. The van der Waals surface area contributed by atoms with Crippen LogP contribution < -0.4 is 14.5 Å². The van der Waals surface area contributed by atoms with Crippen LogP contribution in [0.4, 0.5) is 11.5 Å². The number of aromatic nitrogens is 1. The number of hydrogen-bond donors (Lipinski definition) is 0. The molecule has 0 N–H and O–H groups in total. The maximum atomic E-state index is 13.6. The highest BCUT2D eigenvalue weighted by Gasteiger charge is 2.39. The Morgan fingerprint density at radius 3 is 2.53 bits per heavy atom. The molecule has 0 saturated heterocycles. The lowest BCUT2D eigenvalue weighted by molar-refractivity contribution is -0.120. The van der Waals surface area contributed by atoms with E-state index in [1.165, 1.54) is 0 Å². The summed E-state index contributed by atoms with van der Waals surface area (Å²) in [5.41, 5.74) is 2.18. The Balaban J connectivity index is 1.68. The van der Waals surface area contributed by atoms with Crippen molar-refractivity contribution in [1.29, 1.82) is 0 Å². The van der Waals surface area contributed by atoms with Crippen LogP contribution in [0.2, 0.25) is 0 Å². The Labute approximate surface area is 187 Å². The normalized spacial score (nSPS) is 17.6. The standard InChI is InChI=1S/C25H27N3O4/c1-5-27(23-15-17(3)32-26-23)25(30)21-14-16(2)28(22-9-7-6-8-20(21)22)24(29)18-10-12-19(31-4)13-11-18/h6-13,15-16,21H,5,14H2,1-4H3. The van der Waals surface area contributed by atoms with Gasteiger partial charge in [0.1, 0.15) is 11.5 Å². The van der Waals surface area contributed by atoms with Gasteiger partial charge in [-0.15, -0.1) is 0 Å². The summed E-state index contributed by atoms with van der Waals surface area (Å²) in [5, 5.41) is 4.03. The predicted octanol–water partition coefficient (Wildman–Crippen LogP) is 4.57. The summed E-state index contributed by atoms with van der Waals surface area (Å²) in [6.45, 7) is 6.18. The zero-order chi connectivity index (χ0) is 22.8. The van der Waals surface area contributed by atoms with Crippen molar-refractivity contribution >= 4 is 23.3 Å². The topological polar surface area (TPSA) is 75.9 Å². The number of anilines is 2. The molecule has 3 aromatic rings. The number of ether oxygens (including phenoxy) is 1. The minimum absolute atomic E-state index is 0.0448. The Bertz CT molecular complexity index is 1120. The number of aryl methyl sites for hydroxylation is 1. The molecule has 2 unspecified atom stereocenters. The van der Waals surface area contributed by atoms with Crippen molar-refractivity contribution in [3.05, 3.63) is 71.5 Å². The van der Waals surface area contributed by atoms with Crippen molar-refractivity contribution in [3.63, 3.8) is 0 Å². The van der Waals surface area contributed by atoms with Crippen molar-refractivity contribution in [3.8, 4) is 5.75 Å². The summed E-state index contributed by atoms with van der Waals surface area (Å²) >= 11 is 0. The largest absolute Gasteiger partial charge is 0.497 e. The Hall–Kier alpha value is -3.61. The summed E-state index contributed by atoms with van der Waals surface area (Å²) in [6.07, 6.45) is 0.519. The SMILES string of the molecule is CCN(C(=O)C1CC(C)N(C(=O)c2ccc(OC)cc2)c2ccccc21)c1cc(C)on1. The number of carbonyl (C=O) groups is 2. The zero-order valence-electron chi connectivity index (χ0n) is 18.7. The van der Waals surface area contributed by atoms with Gasteiger partial charge in [-0.3, -0.25) is 14.5 Å². The number of carbonyl (C=O) groups excluding carboxylic acids is 2. The number of fused-ring (bicyclic) bond motifs is 1. The van der Waals surface area contributed by atoms with Gasteiger partial charge in [0.05, 0.1) is 13.0 Å². The van der Waals surface area contributed by atoms with E-state index in [0.717, 1.165) is 11.3 Å². The van der Waals surface area contributed by atoms with Crippen molar-refractivity contribution in [1.82, 2.24) is 5.16 Å². The molecule has 7 heteroatoms. The Kier molecular flexibility index (Phi) is 5.99. The monoisotopic (exact) mass is 433 g/mol. The average molecular weight is 434 g/mol. The van der Waals surface area contributed by atoms with Crippen LogP contribution in [-0.4, -0.2) is 36.7 Å². The molecule has 2 heterocycles. The van der Waals surface area contributed by atoms with E-state index in [0.29, 0.717) is 35.9 Å². The molecule has 2 aromatic carbocycles. The molecule has 4 rings (SSSR count). The third-order valence-electron chi connectivity index (χ3n) is 5.92. The van der Waals surface area contributed by atoms with Crippen molar-refractivity contribution < 1.29 is 18.8 Å². The number of para-hydroxylation sites is 1. The summed E-state index contributed by atoms with van der Waals surface area (Å²) in [7, 11) is 1.59. The first-order chi connectivity index (χ1) is 15.4. The number of rotatable bonds is 5. The first kappa shape index (κ1) is 21.6. The molecule has 0 radical (unpaired) electrons. The van der Waals surface area contributed by atoms with Gasteiger partial charge in [0.2, 0.25) is 5.91 Å². The molecule has 166 valence electrons. The van der Waals surface area contributed by atoms with E-state index in [-0.39, 0.29) is 23.8 Å². The molecular formula is C25H27N3O4. The second kappa shape index (κ2) is 8.86. The van der Waals surface area contributed by atoms with Crippen LogP contribution in [0.15, 0.2) is 59.1 Å². The molecule has 0 fully saturated rings. The third kappa shape index (κ3) is 3.86. The Morgan fingerprint density at radius 2 is 1.91 bits per heavy atom. The van der Waals surface area contributed by atoms with Crippen LogP contribution in [0.3, 0.4) is 0 Å². The van der Waals surface area contributed by atoms with Gasteiger partial charge in [-0.1, -0.05) is 23.4 Å². The van der Waals surface area contributed by atoms with Crippen molar-refractivity contribution in [2.24, 2.45) is 0 Å². The molecule has 7 nitrogen and oxygen atoms in total. The molecule has 1 aliphatic heterocycles. The zero-order valence-corrected chi connectivity index (χ0v) is 18.7. The van der Waals surface area contributed by atoms with Gasteiger partial charge in [0, 0.05) is 29.9 Å². The third-order valence-corrected chi connectivity index (χ3v) is 5.92. The number of amides is 2. The molecule has 0 saturated carbocycles. The fourth-order valence-corrected chi connectivity index (χ4v) is 4.33. The highest BCUT2D eigenvalue weighted by atomic mass is 16.5.